The van der Waals surface area contributed by atoms with Gasteiger partial charge in [-0.25, -0.2) is 4.79 Å². The van der Waals surface area contributed by atoms with Crippen molar-refractivity contribution in [3.05, 3.63) is 23.8 Å². The number of nitrogen functional groups attached to an aromatic ring is 1. The van der Waals surface area contributed by atoms with Crippen molar-refractivity contribution in [1.29, 1.82) is 0 Å². The first kappa shape index (κ1) is 15.5. The molecule has 0 aliphatic carbocycles. The molecule has 2 N–H and O–H groups in total. The van der Waals surface area contributed by atoms with E-state index in [0.29, 0.717) is 25.6 Å². The first-order chi connectivity index (χ1) is 9.74. The Hall–Kier alpha value is -1.91. The summed E-state index contributed by atoms with van der Waals surface area (Å²) >= 11 is 0. The van der Waals surface area contributed by atoms with Crippen molar-refractivity contribution in [2.45, 2.75) is 33.3 Å². The van der Waals surface area contributed by atoms with Gasteiger partial charge < -0.3 is 20.1 Å². The third-order valence-electron chi connectivity index (χ3n) is 3.34. The smallest absolute Gasteiger partial charge is 0.410 e. The van der Waals surface area contributed by atoms with Crippen LogP contribution in [-0.2, 0) is 4.74 Å². The Morgan fingerprint density at radius 2 is 2.05 bits per heavy atom. The minimum atomic E-state index is -0.444. The van der Waals surface area contributed by atoms with Gasteiger partial charge in [0.15, 0.2) is 0 Å². The average Bonchev–Trinajstić information content (AvgIpc) is 2.29. The van der Waals surface area contributed by atoms with E-state index in [1.165, 1.54) is 0 Å². The molecule has 0 spiro atoms. The number of rotatable bonds is 3. The minimum absolute atomic E-state index is 0.248. The molecule has 0 bridgehead atoms. The molecule has 1 fully saturated rings. The zero-order valence-electron chi connectivity index (χ0n) is 13.2. The standard InChI is InChI=1S/C16H24N2O3/c1-11-7-13(5-6-14(11)17)20-10-12-8-18(9-12)15(19)21-16(2,3)4/h5-7,12H,8-10,17H2,1-4H3. The van der Waals surface area contributed by atoms with Crippen LogP contribution in [-0.4, -0.2) is 36.3 Å². The van der Waals surface area contributed by atoms with E-state index in [4.69, 9.17) is 15.2 Å². The van der Waals surface area contributed by atoms with Gasteiger partial charge in [0.05, 0.1) is 6.61 Å². The Balaban J connectivity index is 1.73. The first-order valence-corrected chi connectivity index (χ1v) is 7.21. The molecule has 116 valence electrons. The van der Waals surface area contributed by atoms with Gasteiger partial charge in [0.1, 0.15) is 11.4 Å². The Kier molecular flexibility index (Phi) is 4.30. The van der Waals surface area contributed by atoms with E-state index in [0.717, 1.165) is 17.0 Å². The molecule has 21 heavy (non-hydrogen) atoms. The Bertz CT molecular complexity index is 517. The maximum Gasteiger partial charge on any atom is 0.410 e. The molecule has 2 rings (SSSR count). The van der Waals surface area contributed by atoms with Gasteiger partial charge in [0.25, 0.3) is 0 Å². The van der Waals surface area contributed by atoms with Crippen LogP contribution in [0.4, 0.5) is 10.5 Å². The van der Waals surface area contributed by atoms with Crippen LogP contribution in [0, 0.1) is 12.8 Å². The quantitative estimate of drug-likeness (QED) is 0.870. The Morgan fingerprint density at radius 1 is 1.38 bits per heavy atom. The second kappa shape index (κ2) is 5.84. The monoisotopic (exact) mass is 292 g/mol. The summed E-state index contributed by atoms with van der Waals surface area (Å²) in [5.74, 6) is 1.17. The number of amides is 1. The van der Waals surface area contributed by atoms with E-state index in [-0.39, 0.29) is 6.09 Å². The molecule has 0 aromatic heterocycles. The second-order valence-corrected chi connectivity index (χ2v) is 6.58. The van der Waals surface area contributed by atoms with Crippen LogP contribution in [0.25, 0.3) is 0 Å². The van der Waals surface area contributed by atoms with Crippen molar-refractivity contribution in [1.82, 2.24) is 4.90 Å². The second-order valence-electron chi connectivity index (χ2n) is 6.58. The molecule has 1 aromatic rings. The van der Waals surface area contributed by atoms with Crippen molar-refractivity contribution in [2.24, 2.45) is 5.92 Å². The minimum Gasteiger partial charge on any atom is -0.493 e. The lowest BCUT2D eigenvalue weighted by molar-refractivity contribution is -0.00781. The lowest BCUT2D eigenvalue weighted by Crippen LogP contribution is -2.53. The van der Waals surface area contributed by atoms with Gasteiger partial charge in [-0.2, -0.15) is 0 Å². The largest absolute Gasteiger partial charge is 0.493 e. The molecule has 1 aromatic carbocycles. The predicted molar refractivity (Wildman–Crippen MR) is 82.4 cm³/mol. The number of anilines is 1. The van der Waals surface area contributed by atoms with Crippen LogP contribution in [0.1, 0.15) is 26.3 Å². The highest BCUT2D eigenvalue weighted by atomic mass is 16.6. The summed E-state index contributed by atoms with van der Waals surface area (Å²) in [7, 11) is 0. The summed E-state index contributed by atoms with van der Waals surface area (Å²) < 4.78 is 11.1. The molecule has 1 saturated heterocycles. The van der Waals surface area contributed by atoms with Gasteiger partial charge in [-0.15, -0.1) is 0 Å². The van der Waals surface area contributed by atoms with Crippen LogP contribution in [0.15, 0.2) is 18.2 Å². The molecule has 0 atom stereocenters. The number of benzene rings is 1. The average molecular weight is 292 g/mol. The van der Waals surface area contributed by atoms with Crippen LogP contribution >= 0.6 is 0 Å². The number of carbonyl (C=O) groups is 1. The molecule has 1 amide bonds. The zero-order chi connectivity index (χ0) is 15.6. The van der Waals surface area contributed by atoms with E-state index in [1.54, 1.807) is 4.90 Å². The van der Waals surface area contributed by atoms with E-state index < -0.39 is 5.60 Å². The predicted octanol–water partition coefficient (Wildman–Crippen LogP) is 2.82. The normalized spacial score (nSPS) is 15.5. The third-order valence-corrected chi connectivity index (χ3v) is 3.34. The summed E-state index contributed by atoms with van der Waals surface area (Å²) in [5.41, 5.74) is 7.10. The first-order valence-electron chi connectivity index (χ1n) is 7.21. The number of hydrogen-bond donors (Lipinski definition) is 1. The van der Waals surface area contributed by atoms with Crippen molar-refractivity contribution in [3.63, 3.8) is 0 Å². The summed E-state index contributed by atoms with van der Waals surface area (Å²) in [4.78, 5) is 13.5. The van der Waals surface area contributed by atoms with Crippen LogP contribution in [0.3, 0.4) is 0 Å². The van der Waals surface area contributed by atoms with Gasteiger partial charge in [-0.1, -0.05) is 0 Å². The van der Waals surface area contributed by atoms with Crippen molar-refractivity contribution < 1.29 is 14.3 Å². The lowest BCUT2D eigenvalue weighted by atomic mass is 10.0. The molecule has 5 heteroatoms. The van der Waals surface area contributed by atoms with Crippen molar-refractivity contribution >= 4 is 11.8 Å². The number of hydrogen-bond acceptors (Lipinski definition) is 4. The van der Waals surface area contributed by atoms with Gasteiger partial charge in [-0.3, -0.25) is 0 Å². The number of nitrogens with two attached hydrogens (primary N) is 1. The number of aryl methyl sites for hydroxylation is 1. The highest BCUT2D eigenvalue weighted by Crippen LogP contribution is 2.23. The van der Waals surface area contributed by atoms with Crippen molar-refractivity contribution in [3.8, 4) is 5.75 Å². The summed E-state index contributed by atoms with van der Waals surface area (Å²) in [5, 5.41) is 0. The highest BCUT2D eigenvalue weighted by Gasteiger charge is 2.33. The fraction of sp³-hybridized carbons (Fsp3) is 0.562. The molecule has 1 heterocycles. The fourth-order valence-electron chi connectivity index (χ4n) is 2.10. The maximum atomic E-state index is 11.8. The van der Waals surface area contributed by atoms with E-state index in [1.807, 2.05) is 45.9 Å². The van der Waals surface area contributed by atoms with Gasteiger partial charge >= 0.3 is 6.09 Å². The molecular weight excluding hydrogens is 268 g/mol. The SMILES string of the molecule is Cc1cc(OCC2CN(C(=O)OC(C)(C)C)C2)ccc1N. The molecule has 1 aliphatic heterocycles. The topological polar surface area (TPSA) is 64.8 Å². The van der Waals surface area contributed by atoms with Crippen LogP contribution in [0.5, 0.6) is 5.75 Å². The van der Waals surface area contributed by atoms with Crippen LogP contribution < -0.4 is 10.5 Å². The molecule has 0 radical (unpaired) electrons. The van der Waals surface area contributed by atoms with Gasteiger partial charge in [0.2, 0.25) is 0 Å². The summed E-state index contributed by atoms with van der Waals surface area (Å²) in [6.45, 7) is 9.53. The lowest BCUT2D eigenvalue weighted by Gasteiger charge is -2.39. The number of carbonyl (C=O) groups excluding carboxylic acids is 1. The molecular formula is C16H24N2O3. The molecule has 5 nitrogen and oxygen atoms in total. The summed E-state index contributed by atoms with van der Waals surface area (Å²) in [6.07, 6.45) is -0.248. The maximum absolute atomic E-state index is 11.8. The Labute approximate surface area is 126 Å². The van der Waals surface area contributed by atoms with E-state index >= 15 is 0 Å². The highest BCUT2D eigenvalue weighted by molar-refractivity contribution is 5.69. The number of ether oxygens (including phenoxy) is 2. The molecule has 0 unspecified atom stereocenters. The summed E-state index contributed by atoms with van der Waals surface area (Å²) in [6, 6.07) is 5.64. The molecule has 0 saturated carbocycles. The fourth-order valence-corrected chi connectivity index (χ4v) is 2.10. The Morgan fingerprint density at radius 3 is 2.62 bits per heavy atom. The van der Waals surface area contributed by atoms with Gasteiger partial charge in [-0.05, 0) is 51.5 Å². The van der Waals surface area contributed by atoms with Gasteiger partial charge in [0, 0.05) is 24.7 Å². The van der Waals surface area contributed by atoms with E-state index in [2.05, 4.69) is 0 Å². The zero-order valence-corrected chi connectivity index (χ0v) is 13.2. The van der Waals surface area contributed by atoms with Crippen molar-refractivity contribution in [2.75, 3.05) is 25.4 Å². The van der Waals surface area contributed by atoms with Crippen LogP contribution in [0.2, 0.25) is 0 Å². The number of nitrogens with zero attached hydrogens (tertiary/aromatic N) is 1. The molecule has 1 aliphatic rings. The number of likely N-dealkylation sites (tertiary alicyclic amines) is 1. The third kappa shape index (κ3) is 4.28. The van der Waals surface area contributed by atoms with E-state index in [9.17, 15) is 4.79 Å².